The summed E-state index contributed by atoms with van der Waals surface area (Å²) in [5.74, 6) is 0.852. The molecule has 4 nitrogen and oxygen atoms in total. The van der Waals surface area contributed by atoms with Gasteiger partial charge in [0.1, 0.15) is 0 Å². The fourth-order valence-electron chi connectivity index (χ4n) is 1.91. The molecule has 1 aromatic heterocycles. The lowest BCUT2D eigenvalue weighted by Crippen LogP contribution is -2.32. The van der Waals surface area contributed by atoms with Gasteiger partial charge >= 0.3 is 0 Å². The standard InChI is InChI=1S/C11H17N3O/c1-9-4-6-14(7-5-9)8-10-2-3-11(15)13-12-10/h2-3,9H,4-8H2,1H3,(H,13,15). The molecule has 1 aliphatic heterocycles. The highest BCUT2D eigenvalue weighted by Gasteiger charge is 2.15. The highest BCUT2D eigenvalue weighted by molar-refractivity contribution is 4.99. The summed E-state index contributed by atoms with van der Waals surface area (Å²) >= 11 is 0. The molecule has 1 aliphatic rings. The summed E-state index contributed by atoms with van der Waals surface area (Å²) in [6, 6.07) is 3.34. The molecule has 1 fully saturated rings. The van der Waals surface area contributed by atoms with Crippen molar-refractivity contribution in [2.45, 2.75) is 26.3 Å². The van der Waals surface area contributed by atoms with Gasteiger partial charge in [-0.15, -0.1) is 0 Å². The van der Waals surface area contributed by atoms with Crippen molar-refractivity contribution in [2.75, 3.05) is 13.1 Å². The minimum absolute atomic E-state index is 0.133. The number of likely N-dealkylation sites (tertiary alicyclic amines) is 1. The Morgan fingerprint density at radius 2 is 2.20 bits per heavy atom. The first kappa shape index (κ1) is 10.4. The van der Waals surface area contributed by atoms with Gasteiger partial charge in [-0.25, -0.2) is 5.10 Å². The van der Waals surface area contributed by atoms with Crippen molar-refractivity contribution in [2.24, 2.45) is 5.92 Å². The van der Waals surface area contributed by atoms with E-state index >= 15 is 0 Å². The summed E-state index contributed by atoms with van der Waals surface area (Å²) in [6.45, 7) is 5.43. The van der Waals surface area contributed by atoms with Crippen LogP contribution in [-0.2, 0) is 6.54 Å². The van der Waals surface area contributed by atoms with Gasteiger partial charge in [-0.1, -0.05) is 6.92 Å². The Balaban J connectivity index is 1.92. The molecule has 0 atom stereocenters. The van der Waals surface area contributed by atoms with E-state index in [2.05, 4.69) is 22.0 Å². The van der Waals surface area contributed by atoms with Crippen LogP contribution in [0.2, 0.25) is 0 Å². The molecule has 0 radical (unpaired) electrons. The Morgan fingerprint density at radius 3 is 2.80 bits per heavy atom. The zero-order valence-electron chi connectivity index (χ0n) is 9.07. The van der Waals surface area contributed by atoms with Crippen LogP contribution >= 0.6 is 0 Å². The van der Waals surface area contributed by atoms with Crippen LogP contribution in [0.3, 0.4) is 0 Å². The fourth-order valence-corrected chi connectivity index (χ4v) is 1.91. The maximum atomic E-state index is 10.8. The van der Waals surface area contributed by atoms with Crippen molar-refractivity contribution in [3.05, 3.63) is 28.2 Å². The average Bonchev–Trinajstić information content (AvgIpc) is 2.25. The van der Waals surface area contributed by atoms with E-state index in [4.69, 9.17) is 0 Å². The molecule has 2 rings (SSSR count). The minimum Gasteiger partial charge on any atom is -0.297 e. The van der Waals surface area contributed by atoms with Gasteiger partial charge in [-0.3, -0.25) is 9.69 Å². The van der Waals surface area contributed by atoms with Gasteiger partial charge in [0.2, 0.25) is 0 Å². The van der Waals surface area contributed by atoms with Gasteiger partial charge in [0.05, 0.1) is 5.69 Å². The van der Waals surface area contributed by atoms with Gasteiger partial charge in [0.15, 0.2) is 0 Å². The Kier molecular flexibility index (Phi) is 3.16. The van der Waals surface area contributed by atoms with E-state index in [0.29, 0.717) is 0 Å². The van der Waals surface area contributed by atoms with Crippen LogP contribution in [0.5, 0.6) is 0 Å². The quantitative estimate of drug-likeness (QED) is 0.787. The second-order valence-corrected chi connectivity index (χ2v) is 4.37. The number of nitrogens with one attached hydrogen (secondary N) is 1. The first-order chi connectivity index (χ1) is 7.24. The van der Waals surface area contributed by atoms with Crippen molar-refractivity contribution < 1.29 is 0 Å². The predicted molar refractivity (Wildman–Crippen MR) is 58.5 cm³/mol. The third-order valence-corrected chi connectivity index (χ3v) is 3.00. The van der Waals surface area contributed by atoms with Gasteiger partial charge in [-0.2, -0.15) is 5.10 Å². The minimum atomic E-state index is -0.133. The monoisotopic (exact) mass is 207 g/mol. The predicted octanol–water partition coefficient (Wildman–Crippen LogP) is 1.00. The van der Waals surface area contributed by atoms with Crippen molar-refractivity contribution in [1.29, 1.82) is 0 Å². The molecule has 1 saturated heterocycles. The average molecular weight is 207 g/mol. The van der Waals surface area contributed by atoms with Crippen LogP contribution in [0, 0.1) is 5.92 Å². The van der Waals surface area contributed by atoms with E-state index in [1.54, 1.807) is 6.07 Å². The van der Waals surface area contributed by atoms with Crippen molar-refractivity contribution in [1.82, 2.24) is 15.1 Å². The first-order valence-corrected chi connectivity index (χ1v) is 5.51. The lowest BCUT2D eigenvalue weighted by molar-refractivity contribution is 0.183. The van der Waals surface area contributed by atoms with Crippen LogP contribution in [0.1, 0.15) is 25.5 Å². The van der Waals surface area contributed by atoms with Gasteiger partial charge < -0.3 is 0 Å². The molecule has 4 heteroatoms. The third-order valence-electron chi connectivity index (χ3n) is 3.00. The van der Waals surface area contributed by atoms with E-state index in [1.165, 1.54) is 18.9 Å². The lowest BCUT2D eigenvalue weighted by atomic mass is 9.99. The summed E-state index contributed by atoms with van der Waals surface area (Å²) in [5.41, 5.74) is 0.815. The van der Waals surface area contributed by atoms with Crippen LogP contribution in [0.15, 0.2) is 16.9 Å². The molecular formula is C11H17N3O. The lowest BCUT2D eigenvalue weighted by Gasteiger charge is -2.29. The number of piperidine rings is 1. The number of H-pyrrole nitrogens is 1. The van der Waals surface area contributed by atoms with E-state index in [1.807, 2.05) is 0 Å². The zero-order valence-corrected chi connectivity index (χ0v) is 9.07. The Bertz CT molecular complexity index is 346. The molecule has 15 heavy (non-hydrogen) atoms. The molecule has 0 aliphatic carbocycles. The Labute approximate surface area is 89.3 Å². The highest BCUT2D eigenvalue weighted by Crippen LogP contribution is 2.16. The molecule has 0 bridgehead atoms. The largest absolute Gasteiger partial charge is 0.297 e. The second kappa shape index (κ2) is 4.57. The summed E-state index contributed by atoms with van der Waals surface area (Å²) in [6.07, 6.45) is 2.53. The van der Waals surface area contributed by atoms with Crippen molar-refractivity contribution in [3.63, 3.8) is 0 Å². The molecule has 1 N–H and O–H groups in total. The van der Waals surface area contributed by atoms with Crippen molar-refractivity contribution >= 4 is 0 Å². The molecule has 0 unspecified atom stereocenters. The SMILES string of the molecule is CC1CCN(Cc2ccc(=O)[nH]n2)CC1. The number of rotatable bonds is 2. The van der Waals surface area contributed by atoms with E-state index in [9.17, 15) is 4.79 Å². The maximum absolute atomic E-state index is 10.8. The topological polar surface area (TPSA) is 49.0 Å². The Morgan fingerprint density at radius 1 is 1.47 bits per heavy atom. The highest BCUT2D eigenvalue weighted by atomic mass is 16.1. The maximum Gasteiger partial charge on any atom is 0.264 e. The molecule has 0 spiro atoms. The zero-order chi connectivity index (χ0) is 10.7. The molecule has 0 aromatic carbocycles. The second-order valence-electron chi connectivity index (χ2n) is 4.37. The van der Waals surface area contributed by atoms with E-state index < -0.39 is 0 Å². The van der Waals surface area contributed by atoms with Crippen LogP contribution in [0.4, 0.5) is 0 Å². The number of hydrogen-bond donors (Lipinski definition) is 1. The van der Waals surface area contributed by atoms with Crippen molar-refractivity contribution in [3.8, 4) is 0 Å². The summed E-state index contributed by atoms with van der Waals surface area (Å²) in [4.78, 5) is 13.2. The summed E-state index contributed by atoms with van der Waals surface area (Å²) in [5, 5.41) is 6.48. The molecule has 0 saturated carbocycles. The van der Waals surface area contributed by atoms with Crippen LogP contribution < -0.4 is 5.56 Å². The first-order valence-electron chi connectivity index (χ1n) is 5.51. The van der Waals surface area contributed by atoms with Crippen LogP contribution in [0.25, 0.3) is 0 Å². The van der Waals surface area contributed by atoms with Gasteiger partial charge in [0, 0.05) is 12.6 Å². The number of hydrogen-bond acceptors (Lipinski definition) is 3. The number of nitrogens with zero attached hydrogens (tertiary/aromatic N) is 2. The molecule has 82 valence electrons. The normalized spacial score (nSPS) is 19.3. The van der Waals surface area contributed by atoms with Gasteiger partial charge in [0.25, 0.3) is 5.56 Å². The molecule has 0 amide bonds. The molecular weight excluding hydrogens is 190 g/mol. The van der Waals surface area contributed by atoms with Crippen LogP contribution in [-0.4, -0.2) is 28.2 Å². The smallest absolute Gasteiger partial charge is 0.264 e. The van der Waals surface area contributed by atoms with Gasteiger partial charge in [-0.05, 0) is 37.9 Å². The fraction of sp³-hybridized carbons (Fsp3) is 0.636. The van der Waals surface area contributed by atoms with E-state index in [0.717, 1.165) is 31.2 Å². The molecule has 2 heterocycles. The number of aromatic nitrogens is 2. The Hall–Kier alpha value is -1.16. The molecule has 1 aromatic rings. The summed E-state index contributed by atoms with van der Waals surface area (Å²) in [7, 11) is 0. The summed E-state index contributed by atoms with van der Waals surface area (Å²) < 4.78 is 0. The van der Waals surface area contributed by atoms with E-state index in [-0.39, 0.29) is 5.56 Å². The third kappa shape index (κ3) is 2.89. The number of aromatic amines is 1.